The van der Waals surface area contributed by atoms with Gasteiger partial charge in [-0.2, -0.15) is 0 Å². The Hall–Kier alpha value is -2.88. The van der Waals surface area contributed by atoms with E-state index in [-0.39, 0.29) is 0 Å². The number of nitrogens with zero attached hydrogens (tertiary/aromatic N) is 2. The maximum atomic E-state index is 6.18. The smallest absolute Gasteiger partial charge is 0.227 e. The number of oxazole rings is 1. The second-order valence-electron chi connectivity index (χ2n) is 6.79. The number of benzene rings is 3. The molecule has 0 N–H and O–H groups in total. The van der Waals surface area contributed by atoms with Crippen molar-refractivity contribution in [2.45, 2.75) is 13.8 Å². The van der Waals surface area contributed by atoms with Crippen LogP contribution in [0.4, 0.5) is 5.69 Å². The van der Waals surface area contributed by atoms with Gasteiger partial charge in [-0.15, -0.1) is 0 Å². The molecule has 3 nitrogen and oxygen atoms in total. The standard InChI is InChI=1S/C24H18Cl2N2O/c1-15-5-10-23-22(12-15)28-24(29-23)18-7-6-16(2)21(13-18)27-11-3-4-17-8-9-19(25)14-20(17)26/h3-14H,1-2H3/b4-3+,27-11?. The van der Waals surface area contributed by atoms with Gasteiger partial charge in [0.1, 0.15) is 5.52 Å². The lowest BCUT2D eigenvalue weighted by atomic mass is 10.1. The van der Waals surface area contributed by atoms with Crippen molar-refractivity contribution in [1.29, 1.82) is 0 Å². The molecule has 0 aliphatic heterocycles. The van der Waals surface area contributed by atoms with Gasteiger partial charge in [-0.25, -0.2) is 4.98 Å². The number of hydrogen-bond donors (Lipinski definition) is 0. The Morgan fingerprint density at radius 1 is 0.966 bits per heavy atom. The van der Waals surface area contributed by atoms with Crippen molar-refractivity contribution in [2.75, 3.05) is 0 Å². The van der Waals surface area contributed by atoms with E-state index < -0.39 is 0 Å². The van der Waals surface area contributed by atoms with Crippen molar-refractivity contribution in [3.8, 4) is 11.5 Å². The average molecular weight is 421 g/mol. The number of aryl methyl sites for hydroxylation is 2. The first-order chi connectivity index (χ1) is 14.0. The van der Waals surface area contributed by atoms with E-state index in [0.717, 1.165) is 39.0 Å². The summed E-state index contributed by atoms with van der Waals surface area (Å²) in [4.78, 5) is 9.18. The summed E-state index contributed by atoms with van der Waals surface area (Å²) in [5, 5.41) is 1.22. The maximum absolute atomic E-state index is 6.18. The summed E-state index contributed by atoms with van der Waals surface area (Å²) in [6.07, 6.45) is 5.49. The number of hydrogen-bond acceptors (Lipinski definition) is 3. The molecule has 4 rings (SSSR count). The predicted octanol–water partition coefficient (Wildman–Crippen LogP) is 7.83. The van der Waals surface area contributed by atoms with Gasteiger partial charge < -0.3 is 4.42 Å². The number of aromatic nitrogens is 1. The van der Waals surface area contributed by atoms with Crippen LogP contribution in [0.25, 0.3) is 28.6 Å². The van der Waals surface area contributed by atoms with Crippen LogP contribution < -0.4 is 0 Å². The Bertz CT molecular complexity index is 1260. The molecule has 0 fully saturated rings. The highest BCUT2D eigenvalue weighted by Gasteiger charge is 2.09. The molecule has 0 spiro atoms. The zero-order valence-corrected chi connectivity index (χ0v) is 17.5. The van der Waals surface area contributed by atoms with Crippen LogP contribution in [0, 0.1) is 13.8 Å². The molecule has 1 heterocycles. The second kappa shape index (κ2) is 8.24. The van der Waals surface area contributed by atoms with Gasteiger partial charge >= 0.3 is 0 Å². The number of allylic oxidation sites excluding steroid dienone is 1. The third-order valence-corrected chi connectivity index (χ3v) is 5.10. The van der Waals surface area contributed by atoms with Gasteiger partial charge in [0, 0.05) is 21.8 Å². The van der Waals surface area contributed by atoms with Crippen molar-refractivity contribution in [3.63, 3.8) is 0 Å². The second-order valence-corrected chi connectivity index (χ2v) is 7.64. The fraction of sp³-hybridized carbons (Fsp3) is 0.0833. The molecule has 0 saturated heterocycles. The molecule has 0 bridgehead atoms. The van der Waals surface area contributed by atoms with E-state index in [4.69, 9.17) is 27.6 Å². The summed E-state index contributed by atoms with van der Waals surface area (Å²) in [6.45, 7) is 4.06. The Labute approximate surface area is 179 Å². The number of halogens is 2. The van der Waals surface area contributed by atoms with Crippen molar-refractivity contribution in [3.05, 3.63) is 87.4 Å². The SMILES string of the molecule is Cc1ccc2oc(-c3ccc(C)c(N=C/C=C/c4ccc(Cl)cc4Cl)c3)nc2c1. The molecule has 29 heavy (non-hydrogen) atoms. The largest absolute Gasteiger partial charge is 0.436 e. The predicted molar refractivity (Wildman–Crippen MR) is 123 cm³/mol. The third kappa shape index (κ3) is 4.42. The monoisotopic (exact) mass is 420 g/mol. The van der Waals surface area contributed by atoms with Gasteiger partial charge in [0.05, 0.1) is 5.69 Å². The molecule has 0 unspecified atom stereocenters. The van der Waals surface area contributed by atoms with Crippen molar-refractivity contribution < 1.29 is 4.42 Å². The highest BCUT2D eigenvalue weighted by molar-refractivity contribution is 6.35. The van der Waals surface area contributed by atoms with E-state index in [1.54, 1.807) is 18.3 Å². The quantitative estimate of drug-likeness (QED) is 0.315. The fourth-order valence-corrected chi connectivity index (χ4v) is 3.42. The van der Waals surface area contributed by atoms with E-state index in [1.165, 1.54) is 0 Å². The molecule has 4 aromatic rings. The van der Waals surface area contributed by atoms with Gasteiger partial charge in [-0.3, -0.25) is 4.99 Å². The molecule has 0 amide bonds. The zero-order chi connectivity index (χ0) is 20.4. The van der Waals surface area contributed by atoms with Gasteiger partial charge in [-0.05, 0) is 73.0 Å². The summed E-state index contributed by atoms with van der Waals surface area (Å²) in [5.74, 6) is 0.588. The summed E-state index contributed by atoms with van der Waals surface area (Å²) in [5.41, 5.74) is 6.48. The normalized spacial score (nSPS) is 11.9. The van der Waals surface area contributed by atoms with E-state index in [9.17, 15) is 0 Å². The Morgan fingerprint density at radius 3 is 2.66 bits per heavy atom. The molecule has 0 radical (unpaired) electrons. The first-order valence-corrected chi connectivity index (χ1v) is 9.89. The van der Waals surface area contributed by atoms with Crippen molar-refractivity contribution >= 4 is 52.3 Å². The molecule has 0 aliphatic rings. The first-order valence-electron chi connectivity index (χ1n) is 9.13. The minimum absolute atomic E-state index is 0.588. The fourth-order valence-electron chi connectivity index (χ4n) is 2.95. The van der Waals surface area contributed by atoms with Crippen LogP contribution in [-0.4, -0.2) is 11.2 Å². The third-order valence-electron chi connectivity index (χ3n) is 4.54. The molecule has 144 valence electrons. The summed E-state index contributed by atoms with van der Waals surface area (Å²) in [6, 6.07) is 17.4. The van der Waals surface area contributed by atoms with Crippen molar-refractivity contribution in [1.82, 2.24) is 4.98 Å². The molecule has 0 saturated carbocycles. The molecule has 0 atom stereocenters. The van der Waals surface area contributed by atoms with Gasteiger partial charge in [0.2, 0.25) is 5.89 Å². The summed E-state index contributed by atoms with van der Waals surface area (Å²) in [7, 11) is 0. The van der Waals surface area contributed by atoms with Crippen LogP contribution in [0.3, 0.4) is 0 Å². The zero-order valence-electron chi connectivity index (χ0n) is 16.0. The Kier molecular flexibility index (Phi) is 5.52. The van der Waals surface area contributed by atoms with Crippen LogP contribution in [-0.2, 0) is 0 Å². The Morgan fingerprint density at radius 2 is 1.83 bits per heavy atom. The van der Waals surface area contributed by atoms with Gasteiger partial charge in [-0.1, -0.05) is 47.5 Å². The van der Waals surface area contributed by atoms with Crippen LogP contribution in [0.15, 0.2) is 70.1 Å². The molecule has 3 aromatic carbocycles. The van der Waals surface area contributed by atoms with Crippen LogP contribution >= 0.6 is 23.2 Å². The Balaban J connectivity index is 1.59. The number of rotatable bonds is 4. The topological polar surface area (TPSA) is 38.4 Å². The minimum Gasteiger partial charge on any atom is -0.436 e. The molecule has 0 aliphatic carbocycles. The molecular weight excluding hydrogens is 403 g/mol. The lowest BCUT2D eigenvalue weighted by molar-refractivity contribution is 0.620. The molecular formula is C24H18Cl2N2O. The lowest BCUT2D eigenvalue weighted by Gasteiger charge is -2.02. The lowest BCUT2D eigenvalue weighted by Crippen LogP contribution is -1.81. The van der Waals surface area contributed by atoms with E-state index >= 15 is 0 Å². The molecule has 1 aromatic heterocycles. The summed E-state index contributed by atoms with van der Waals surface area (Å²) >= 11 is 12.1. The van der Waals surface area contributed by atoms with Crippen LogP contribution in [0.2, 0.25) is 10.0 Å². The highest BCUT2D eigenvalue weighted by Crippen LogP contribution is 2.29. The first kappa shape index (κ1) is 19.4. The van der Waals surface area contributed by atoms with Gasteiger partial charge in [0.15, 0.2) is 5.58 Å². The summed E-state index contributed by atoms with van der Waals surface area (Å²) < 4.78 is 5.91. The van der Waals surface area contributed by atoms with E-state index in [1.807, 2.05) is 68.5 Å². The number of aliphatic imine (C=N–C) groups is 1. The van der Waals surface area contributed by atoms with E-state index in [0.29, 0.717) is 15.9 Å². The van der Waals surface area contributed by atoms with Crippen molar-refractivity contribution in [2.24, 2.45) is 4.99 Å². The average Bonchev–Trinajstić information content (AvgIpc) is 3.11. The van der Waals surface area contributed by atoms with Crippen LogP contribution in [0.5, 0.6) is 0 Å². The highest BCUT2D eigenvalue weighted by atomic mass is 35.5. The van der Waals surface area contributed by atoms with Crippen LogP contribution in [0.1, 0.15) is 16.7 Å². The molecule has 5 heteroatoms. The van der Waals surface area contributed by atoms with Gasteiger partial charge in [0.25, 0.3) is 0 Å². The van der Waals surface area contributed by atoms with E-state index in [2.05, 4.69) is 9.98 Å². The minimum atomic E-state index is 0.588. The number of fused-ring (bicyclic) bond motifs is 1. The maximum Gasteiger partial charge on any atom is 0.227 e.